The maximum absolute atomic E-state index is 14.3. The van der Waals surface area contributed by atoms with Crippen molar-refractivity contribution >= 4 is 5.69 Å². The summed E-state index contributed by atoms with van der Waals surface area (Å²) in [6, 6.07) is 6.01. The number of hydrogen-bond acceptors (Lipinski definition) is 2. The minimum atomic E-state index is -2.15. The van der Waals surface area contributed by atoms with Gasteiger partial charge in [-0.25, -0.2) is 22.0 Å². The van der Waals surface area contributed by atoms with Crippen molar-refractivity contribution in [3.63, 3.8) is 0 Å². The van der Waals surface area contributed by atoms with E-state index in [2.05, 4.69) is 5.32 Å². The van der Waals surface area contributed by atoms with E-state index >= 15 is 0 Å². The van der Waals surface area contributed by atoms with Gasteiger partial charge in [0.15, 0.2) is 23.3 Å². The van der Waals surface area contributed by atoms with E-state index in [4.69, 9.17) is 4.74 Å². The average Bonchev–Trinajstić information content (AvgIpc) is 2.65. The van der Waals surface area contributed by atoms with Crippen molar-refractivity contribution in [1.29, 1.82) is 0 Å². The normalized spacial score (nSPS) is 25.1. The molecule has 0 aromatic heterocycles. The Balaban J connectivity index is 1.89. The van der Waals surface area contributed by atoms with Gasteiger partial charge in [-0.05, 0) is 18.9 Å². The quantitative estimate of drug-likeness (QED) is 0.441. The monoisotopic (exact) mass is 355 g/mol. The molecule has 2 nitrogen and oxygen atoms in total. The minimum Gasteiger partial charge on any atom is -0.377 e. The molecule has 0 spiro atoms. The maximum atomic E-state index is 14.3. The van der Waals surface area contributed by atoms with Gasteiger partial charge >= 0.3 is 0 Å². The molecule has 4 rings (SSSR count). The fraction of sp³-hybridized carbons (Fsp3) is 0.333. The number of halogens is 5. The molecule has 0 radical (unpaired) electrons. The molecule has 0 unspecified atom stereocenters. The summed E-state index contributed by atoms with van der Waals surface area (Å²) < 4.78 is 75.1. The van der Waals surface area contributed by atoms with Crippen LogP contribution in [0, 0.1) is 35.0 Å². The number of fused-ring (bicyclic) bond motifs is 3. The summed E-state index contributed by atoms with van der Waals surface area (Å²) in [6.07, 6.45) is 0.749. The van der Waals surface area contributed by atoms with Crippen LogP contribution in [0.3, 0.4) is 0 Å². The molecule has 1 fully saturated rings. The van der Waals surface area contributed by atoms with Crippen LogP contribution in [0.5, 0.6) is 0 Å². The molecule has 25 heavy (non-hydrogen) atoms. The van der Waals surface area contributed by atoms with Crippen molar-refractivity contribution in [1.82, 2.24) is 0 Å². The fourth-order valence-electron chi connectivity index (χ4n) is 3.80. The summed E-state index contributed by atoms with van der Waals surface area (Å²) in [5.74, 6) is -10.0. The molecule has 2 aromatic carbocycles. The van der Waals surface area contributed by atoms with Gasteiger partial charge in [-0.2, -0.15) is 0 Å². The largest absolute Gasteiger partial charge is 0.377 e. The Labute approximate surface area is 140 Å². The highest BCUT2D eigenvalue weighted by atomic mass is 19.2. The lowest BCUT2D eigenvalue weighted by atomic mass is 9.77. The standard InChI is InChI=1S/C18H14F5NO/c19-12-11(13(20)15(22)16(23)14(12)21)17-9-5-3-7-25-18(9)8-4-1-2-6-10(8)24-17/h1-2,4,6,9,17-18,24H,3,5,7H2/t9-,17+,18+/m0/s1. The molecule has 3 atom stereocenters. The molecule has 0 saturated carbocycles. The first-order valence-electron chi connectivity index (χ1n) is 7.99. The molecule has 2 aromatic rings. The van der Waals surface area contributed by atoms with Gasteiger partial charge in [-0.3, -0.25) is 0 Å². The predicted molar refractivity (Wildman–Crippen MR) is 80.5 cm³/mol. The van der Waals surface area contributed by atoms with Gasteiger partial charge in [0.2, 0.25) is 5.82 Å². The van der Waals surface area contributed by atoms with Gasteiger partial charge in [-0.15, -0.1) is 0 Å². The van der Waals surface area contributed by atoms with Gasteiger partial charge in [0.05, 0.1) is 17.7 Å². The van der Waals surface area contributed by atoms with Crippen molar-refractivity contribution in [3.05, 3.63) is 64.5 Å². The van der Waals surface area contributed by atoms with Crippen LogP contribution < -0.4 is 5.32 Å². The van der Waals surface area contributed by atoms with Crippen molar-refractivity contribution in [3.8, 4) is 0 Å². The van der Waals surface area contributed by atoms with E-state index in [1.54, 1.807) is 12.1 Å². The van der Waals surface area contributed by atoms with E-state index in [0.29, 0.717) is 25.1 Å². The zero-order valence-corrected chi connectivity index (χ0v) is 13.0. The van der Waals surface area contributed by atoms with Crippen LogP contribution in [0.15, 0.2) is 24.3 Å². The van der Waals surface area contributed by atoms with Gasteiger partial charge in [0, 0.05) is 23.8 Å². The SMILES string of the molecule is Fc1c(F)c(F)c([C@@H]2Nc3ccccc3[C@H]3OCCC[C@H]32)c(F)c1F. The average molecular weight is 355 g/mol. The molecule has 1 saturated heterocycles. The van der Waals surface area contributed by atoms with Gasteiger partial charge < -0.3 is 10.1 Å². The van der Waals surface area contributed by atoms with Gasteiger partial charge in [0.25, 0.3) is 0 Å². The zero-order chi connectivity index (χ0) is 17.7. The van der Waals surface area contributed by atoms with Crippen LogP contribution in [-0.2, 0) is 4.74 Å². The van der Waals surface area contributed by atoms with E-state index < -0.39 is 52.7 Å². The van der Waals surface area contributed by atoms with Crippen molar-refractivity contribution in [2.24, 2.45) is 5.92 Å². The van der Waals surface area contributed by atoms with Crippen LogP contribution in [0.25, 0.3) is 0 Å². The third kappa shape index (κ3) is 2.40. The second-order valence-electron chi connectivity index (χ2n) is 6.29. The summed E-state index contributed by atoms with van der Waals surface area (Å²) in [7, 11) is 0. The highest BCUT2D eigenvalue weighted by Crippen LogP contribution is 2.50. The van der Waals surface area contributed by atoms with Crippen LogP contribution in [0.1, 0.15) is 36.1 Å². The second-order valence-corrected chi connectivity index (χ2v) is 6.29. The van der Waals surface area contributed by atoms with Crippen LogP contribution in [0.2, 0.25) is 0 Å². The lowest BCUT2D eigenvalue weighted by molar-refractivity contribution is -0.0389. The molecule has 132 valence electrons. The summed E-state index contributed by atoms with van der Waals surface area (Å²) in [6.45, 7) is 0.485. The molecule has 2 aliphatic rings. The van der Waals surface area contributed by atoms with Gasteiger partial charge in [-0.1, -0.05) is 18.2 Å². The molecule has 0 aliphatic carbocycles. The first kappa shape index (κ1) is 16.3. The molecule has 2 heterocycles. The lowest BCUT2D eigenvalue weighted by Crippen LogP contribution is -2.37. The zero-order valence-electron chi connectivity index (χ0n) is 13.0. The molecular weight excluding hydrogens is 341 g/mol. The van der Waals surface area contributed by atoms with E-state index in [1.807, 2.05) is 12.1 Å². The number of nitrogens with one attached hydrogen (secondary N) is 1. The Morgan fingerprint density at radius 1 is 0.880 bits per heavy atom. The number of ether oxygens (including phenoxy) is 1. The smallest absolute Gasteiger partial charge is 0.200 e. The van der Waals surface area contributed by atoms with Crippen molar-refractivity contribution < 1.29 is 26.7 Å². The van der Waals surface area contributed by atoms with E-state index in [1.165, 1.54) is 0 Å². The predicted octanol–water partition coefficient (Wildman–Crippen LogP) is 5.02. The first-order valence-corrected chi connectivity index (χ1v) is 7.99. The van der Waals surface area contributed by atoms with E-state index in [9.17, 15) is 22.0 Å². The number of para-hydroxylation sites is 1. The molecule has 1 N–H and O–H groups in total. The van der Waals surface area contributed by atoms with E-state index in [-0.39, 0.29) is 0 Å². The van der Waals surface area contributed by atoms with Gasteiger partial charge in [0.1, 0.15) is 0 Å². The summed E-state index contributed by atoms with van der Waals surface area (Å²) in [5.41, 5.74) is 0.568. The third-order valence-electron chi connectivity index (χ3n) is 4.93. The molecule has 0 amide bonds. The number of anilines is 1. The molecule has 7 heteroatoms. The van der Waals surface area contributed by atoms with Crippen LogP contribution >= 0.6 is 0 Å². The molecule has 0 bridgehead atoms. The Kier molecular flexibility index (Phi) is 3.91. The lowest BCUT2D eigenvalue weighted by Gasteiger charge is -2.43. The van der Waals surface area contributed by atoms with Crippen LogP contribution in [0.4, 0.5) is 27.6 Å². The molecule has 2 aliphatic heterocycles. The topological polar surface area (TPSA) is 21.3 Å². The number of benzene rings is 2. The first-order chi connectivity index (χ1) is 12.0. The summed E-state index contributed by atoms with van der Waals surface area (Å²) in [4.78, 5) is 0. The van der Waals surface area contributed by atoms with Crippen molar-refractivity contribution in [2.45, 2.75) is 25.0 Å². The Morgan fingerprint density at radius 2 is 1.52 bits per heavy atom. The highest BCUT2D eigenvalue weighted by Gasteiger charge is 2.43. The fourth-order valence-corrected chi connectivity index (χ4v) is 3.80. The van der Waals surface area contributed by atoms with E-state index in [0.717, 1.165) is 5.56 Å². The molecular formula is C18H14F5NO. The second kappa shape index (κ2) is 5.98. The maximum Gasteiger partial charge on any atom is 0.200 e. The van der Waals surface area contributed by atoms with Crippen molar-refractivity contribution in [2.75, 3.05) is 11.9 Å². The number of hydrogen-bond donors (Lipinski definition) is 1. The number of rotatable bonds is 1. The Hall–Kier alpha value is -2.15. The summed E-state index contributed by atoms with van der Waals surface area (Å²) >= 11 is 0. The Bertz CT molecular complexity index is 811. The third-order valence-corrected chi connectivity index (χ3v) is 4.93. The summed E-state index contributed by atoms with van der Waals surface area (Å²) in [5, 5.41) is 2.95. The highest BCUT2D eigenvalue weighted by molar-refractivity contribution is 5.57. The van der Waals surface area contributed by atoms with Crippen LogP contribution in [-0.4, -0.2) is 6.61 Å². The minimum absolute atomic E-state index is 0.433. The Morgan fingerprint density at radius 3 is 2.24 bits per heavy atom.